The molecule has 3 N–H and O–H groups in total. The summed E-state index contributed by atoms with van der Waals surface area (Å²) >= 11 is 0. The van der Waals surface area contributed by atoms with Crippen molar-refractivity contribution in [3.63, 3.8) is 0 Å². The summed E-state index contributed by atoms with van der Waals surface area (Å²) in [6, 6.07) is 13.1. The number of benzene rings is 2. The van der Waals surface area contributed by atoms with Crippen molar-refractivity contribution in [1.29, 1.82) is 0 Å². The van der Waals surface area contributed by atoms with Crippen molar-refractivity contribution >= 4 is 29.8 Å². The third-order valence-electron chi connectivity index (χ3n) is 6.72. The zero-order valence-electron chi connectivity index (χ0n) is 21.9. The number of fused-ring (bicyclic) bond motifs is 1. The SMILES string of the molecule is CC(C)C[C@H](NC(=O)[C@H](Cc1cccc2ccccc12)NC(=O)N1CCOCC1)B1OCCNCCO1. The number of nitrogens with zero attached hydrogens (tertiary/aromatic N) is 1. The van der Waals surface area contributed by atoms with E-state index in [0.29, 0.717) is 58.3 Å². The number of ether oxygens (including phenoxy) is 1. The predicted molar refractivity (Wildman–Crippen MR) is 144 cm³/mol. The molecule has 0 aliphatic carbocycles. The van der Waals surface area contributed by atoms with Gasteiger partial charge in [0, 0.05) is 45.8 Å². The molecule has 9 nitrogen and oxygen atoms in total. The van der Waals surface area contributed by atoms with Gasteiger partial charge in [-0.15, -0.1) is 0 Å². The Hall–Kier alpha value is -2.66. The fourth-order valence-corrected chi connectivity index (χ4v) is 4.84. The van der Waals surface area contributed by atoms with Crippen LogP contribution in [0.3, 0.4) is 0 Å². The lowest BCUT2D eigenvalue weighted by Gasteiger charge is -2.31. The molecule has 0 saturated carbocycles. The number of hydrogen-bond acceptors (Lipinski definition) is 6. The average molecular weight is 510 g/mol. The van der Waals surface area contributed by atoms with Gasteiger partial charge in [-0.1, -0.05) is 56.3 Å². The second-order valence-corrected chi connectivity index (χ2v) is 10.0. The van der Waals surface area contributed by atoms with E-state index in [0.717, 1.165) is 29.4 Å². The second-order valence-electron chi connectivity index (χ2n) is 10.0. The molecule has 37 heavy (non-hydrogen) atoms. The van der Waals surface area contributed by atoms with Gasteiger partial charge >= 0.3 is 13.1 Å². The Morgan fingerprint density at radius 3 is 2.41 bits per heavy atom. The summed E-state index contributed by atoms with van der Waals surface area (Å²) in [5.74, 6) is -0.256. The molecule has 2 aromatic carbocycles. The molecule has 0 spiro atoms. The molecule has 4 rings (SSSR count). The number of hydrogen-bond donors (Lipinski definition) is 3. The zero-order valence-corrected chi connectivity index (χ0v) is 21.9. The molecular weight excluding hydrogens is 471 g/mol. The van der Waals surface area contributed by atoms with Crippen LogP contribution in [-0.2, 0) is 25.3 Å². The Balaban J connectivity index is 1.55. The van der Waals surface area contributed by atoms with Crippen molar-refractivity contribution in [3.05, 3.63) is 48.0 Å². The largest absolute Gasteiger partial charge is 0.480 e. The van der Waals surface area contributed by atoms with Crippen LogP contribution in [0.15, 0.2) is 42.5 Å². The minimum Gasteiger partial charge on any atom is -0.408 e. The van der Waals surface area contributed by atoms with Crippen molar-refractivity contribution in [1.82, 2.24) is 20.9 Å². The lowest BCUT2D eigenvalue weighted by molar-refractivity contribution is -0.123. The Kier molecular flexibility index (Phi) is 10.2. The lowest BCUT2D eigenvalue weighted by Crippen LogP contribution is -2.58. The first kappa shape index (κ1) is 27.4. The van der Waals surface area contributed by atoms with E-state index in [2.05, 4.69) is 48.0 Å². The summed E-state index contributed by atoms with van der Waals surface area (Å²) in [5.41, 5.74) is 1.01. The van der Waals surface area contributed by atoms with E-state index < -0.39 is 13.2 Å². The van der Waals surface area contributed by atoms with E-state index in [-0.39, 0.29) is 17.9 Å². The smallest absolute Gasteiger partial charge is 0.408 e. The lowest BCUT2D eigenvalue weighted by atomic mass is 9.73. The van der Waals surface area contributed by atoms with Crippen LogP contribution in [0.25, 0.3) is 10.8 Å². The summed E-state index contributed by atoms with van der Waals surface area (Å²) in [5, 5.41) is 11.6. The van der Waals surface area contributed by atoms with Gasteiger partial charge in [0.15, 0.2) is 0 Å². The van der Waals surface area contributed by atoms with Crippen molar-refractivity contribution in [2.24, 2.45) is 5.92 Å². The predicted octanol–water partition coefficient (Wildman–Crippen LogP) is 1.99. The Bertz CT molecular complexity index is 1020. The van der Waals surface area contributed by atoms with Crippen LogP contribution in [0.1, 0.15) is 25.8 Å². The normalized spacial score (nSPS) is 18.7. The molecule has 0 bridgehead atoms. The van der Waals surface area contributed by atoms with Gasteiger partial charge in [0.2, 0.25) is 5.91 Å². The van der Waals surface area contributed by atoms with Crippen LogP contribution in [0.5, 0.6) is 0 Å². The molecule has 2 fully saturated rings. The quantitative estimate of drug-likeness (QED) is 0.470. The number of morpholine rings is 1. The van der Waals surface area contributed by atoms with E-state index >= 15 is 0 Å². The van der Waals surface area contributed by atoms with Gasteiger partial charge in [-0.3, -0.25) is 4.79 Å². The highest BCUT2D eigenvalue weighted by Gasteiger charge is 2.35. The summed E-state index contributed by atoms with van der Waals surface area (Å²) in [4.78, 5) is 28.6. The van der Waals surface area contributed by atoms with Gasteiger partial charge in [-0.05, 0) is 28.7 Å². The Labute approximate surface area is 219 Å². The van der Waals surface area contributed by atoms with Crippen molar-refractivity contribution in [2.45, 2.75) is 38.7 Å². The summed E-state index contributed by atoms with van der Waals surface area (Å²) in [6.45, 7) is 8.69. The van der Waals surface area contributed by atoms with E-state index in [1.807, 2.05) is 24.3 Å². The van der Waals surface area contributed by atoms with Gasteiger partial charge in [-0.25, -0.2) is 4.79 Å². The highest BCUT2D eigenvalue weighted by molar-refractivity contribution is 6.47. The summed E-state index contributed by atoms with van der Waals surface area (Å²) in [6.07, 6.45) is 1.07. The first-order valence-electron chi connectivity index (χ1n) is 13.4. The minimum absolute atomic E-state index is 0.243. The molecule has 0 aromatic heterocycles. The number of urea groups is 1. The van der Waals surface area contributed by atoms with Crippen molar-refractivity contribution in [3.8, 4) is 0 Å². The first-order valence-corrected chi connectivity index (χ1v) is 13.4. The van der Waals surface area contributed by atoms with E-state index in [1.165, 1.54) is 0 Å². The molecule has 2 aliphatic rings. The van der Waals surface area contributed by atoms with Gasteiger partial charge in [0.05, 0.1) is 19.2 Å². The van der Waals surface area contributed by atoms with Crippen molar-refractivity contribution in [2.75, 3.05) is 52.6 Å². The third-order valence-corrected chi connectivity index (χ3v) is 6.72. The maximum Gasteiger partial charge on any atom is 0.480 e. The van der Waals surface area contributed by atoms with Crippen LogP contribution in [0.4, 0.5) is 4.79 Å². The molecule has 10 heteroatoms. The van der Waals surface area contributed by atoms with Crippen LogP contribution in [0, 0.1) is 5.92 Å². The molecule has 0 unspecified atom stereocenters. The van der Waals surface area contributed by atoms with Crippen LogP contribution < -0.4 is 16.0 Å². The second kappa shape index (κ2) is 13.8. The minimum atomic E-state index is -0.758. The van der Waals surface area contributed by atoms with Gasteiger partial charge in [-0.2, -0.15) is 0 Å². The molecule has 2 aromatic rings. The van der Waals surface area contributed by atoms with Gasteiger partial charge in [0.1, 0.15) is 6.04 Å². The maximum absolute atomic E-state index is 13.8. The van der Waals surface area contributed by atoms with E-state index in [9.17, 15) is 9.59 Å². The van der Waals surface area contributed by atoms with Crippen LogP contribution in [-0.4, -0.2) is 88.5 Å². The highest BCUT2D eigenvalue weighted by atomic mass is 16.6. The number of carbonyl (C=O) groups excluding carboxylic acids is 2. The van der Waals surface area contributed by atoms with Crippen molar-refractivity contribution < 1.29 is 23.6 Å². The molecule has 2 aliphatic heterocycles. The van der Waals surface area contributed by atoms with Gasteiger partial charge in [0.25, 0.3) is 0 Å². The maximum atomic E-state index is 13.8. The number of amides is 3. The number of rotatable bonds is 8. The molecule has 3 amide bonds. The average Bonchev–Trinajstić information content (AvgIpc) is 2.88. The van der Waals surface area contributed by atoms with E-state index in [1.54, 1.807) is 4.90 Å². The molecular formula is C27H39BN4O5. The standard InChI is InChI=1S/C27H39BN4O5/c1-20(2)18-25(28-36-14-10-29-11-15-37-28)31-26(33)24(30-27(34)32-12-16-35-17-13-32)19-22-8-5-7-21-6-3-4-9-23(21)22/h3-9,20,24-25,29H,10-19H2,1-2H3,(H,30,34)(H,31,33)/t24-,25-/m0/s1. The highest BCUT2D eigenvalue weighted by Crippen LogP contribution is 2.20. The van der Waals surface area contributed by atoms with E-state index in [4.69, 9.17) is 14.0 Å². The third kappa shape index (κ3) is 7.91. The monoisotopic (exact) mass is 510 g/mol. The fraction of sp³-hybridized carbons (Fsp3) is 0.556. The topological polar surface area (TPSA) is 101 Å². The Morgan fingerprint density at radius 2 is 1.68 bits per heavy atom. The summed E-state index contributed by atoms with van der Waals surface area (Å²) < 4.78 is 17.3. The molecule has 2 heterocycles. The summed E-state index contributed by atoms with van der Waals surface area (Å²) in [7, 11) is -0.540. The molecule has 0 radical (unpaired) electrons. The first-order chi connectivity index (χ1) is 18.0. The molecule has 200 valence electrons. The number of carbonyl (C=O) groups is 2. The molecule has 2 atom stereocenters. The molecule has 2 saturated heterocycles. The van der Waals surface area contributed by atoms with Gasteiger partial charge < -0.3 is 34.9 Å². The van der Waals surface area contributed by atoms with Crippen LogP contribution >= 0.6 is 0 Å². The number of nitrogens with one attached hydrogen (secondary N) is 3. The fourth-order valence-electron chi connectivity index (χ4n) is 4.84. The Morgan fingerprint density at radius 1 is 0.973 bits per heavy atom. The van der Waals surface area contributed by atoms with Crippen LogP contribution in [0.2, 0.25) is 0 Å². The zero-order chi connectivity index (χ0) is 26.0.